The summed E-state index contributed by atoms with van der Waals surface area (Å²) in [5.41, 5.74) is 0. The molecule has 2 atom stereocenters. The van der Waals surface area contributed by atoms with Crippen LogP contribution in [0.25, 0.3) is 0 Å². The molecular formula is C20H38O. The Balaban J connectivity index is 2.00. The molecule has 1 nitrogen and oxygen atoms in total. The van der Waals surface area contributed by atoms with Gasteiger partial charge >= 0.3 is 0 Å². The van der Waals surface area contributed by atoms with E-state index in [-0.39, 0.29) is 0 Å². The number of ether oxygens (including phenoxy) is 1. The van der Waals surface area contributed by atoms with Gasteiger partial charge in [-0.05, 0) is 49.4 Å². The first-order valence-electron chi connectivity index (χ1n) is 9.75. The summed E-state index contributed by atoms with van der Waals surface area (Å²) in [6, 6.07) is 0. The van der Waals surface area contributed by atoms with Crippen molar-refractivity contribution < 1.29 is 4.74 Å². The Bertz CT molecular complexity index is 244. The van der Waals surface area contributed by atoms with Gasteiger partial charge < -0.3 is 4.74 Å². The molecule has 1 heteroatoms. The minimum absolute atomic E-state index is 0.500. The summed E-state index contributed by atoms with van der Waals surface area (Å²) in [5, 5.41) is 0. The molecule has 2 saturated carbocycles. The minimum atomic E-state index is 0.500. The standard InChI is InChI=1S/C20H38O/c1-15(2)19(17-11-7-5-8-12-17)21-20(16(3)4)18-13-9-6-10-14-18/h15-20H,5-14H2,1-4H3. The summed E-state index contributed by atoms with van der Waals surface area (Å²) in [6.07, 6.45) is 15.2. The van der Waals surface area contributed by atoms with E-state index in [9.17, 15) is 0 Å². The van der Waals surface area contributed by atoms with Crippen LogP contribution in [0.15, 0.2) is 0 Å². The molecule has 0 N–H and O–H groups in total. The fraction of sp³-hybridized carbons (Fsp3) is 1.00. The minimum Gasteiger partial charge on any atom is -0.374 e. The quantitative estimate of drug-likeness (QED) is 0.565. The van der Waals surface area contributed by atoms with E-state index in [1.165, 1.54) is 64.2 Å². The molecule has 2 rings (SSSR count). The van der Waals surface area contributed by atoms with Crippen LogP contribution in [-0.2, 0) is 4.74 Å². The summed E-state index contributed by atoms with van der Waals surface area (Å²) in [6.45, 7) is 9.49. The van der Waals surface area contributed by atoms with Crippen molar-refractivity contribution in [3.8, 4) is 0 Å². The smallest absolute Gasteiger partial charge is 0.0630 e. The molecule has 0 radical (unpaired) electrons. The Labute approximate surface area is 133 Å². The van der Waals surface area contributed by atoms with E-state index in [1.54, 1.807) is 0 Å². The van der Waals surface area contributed by atoms with Crippen LogP contribution in [0, 0.1) is 23.7 Å². The SMILES string of the molecule is CC(C)C(OC(C(C)C)C1CCCCC1)C1CCCCC1. The number of rotatable bonds is 6. The molecule has 0 spiro atoms. The zero-order valence-electron chi connectivity index (χ0n) is 14.9. The monoisotopic (exact) mass is 294 g/mol. The van der Waals surface area contributed by atoms with Gasteiger partial charge in [-0.25, -0.2) is 0 Å². The lowest BCUT2D eigenvalue weighted by Gasteiger charge is -2.40. The lowest BCUT2D eigenvalue weighted by Crippen LogP contribution is -2.40. The highest BCUT2D eigenvalue weighted by Gasteiger charge is 2.34. The van der Waals surface area contributed by atoms with Gasteiger partial charge in [0.2, 0.25) is 0 Å². The Morgan fingerprint density at radius 1 is 0.571 bits per heavy atom. The van der Waals surface area contributed by atoms with E-state index in [4.69, 9.17) is 4.74 Å². The van der Waals surface area contributed by atoms with E-state index >= 15 is 0 Å². The van der Waals surface area contributed by atoms with Gasteiger partial charge in [0, 0.05) is 0 Å². The van der Waals surface area contributed by atoms with Crippen molar-refractivity contribution in [1.29, 1.82) is 0 Å². The zero-order chi connectivity index (χ0) is 15.2. The summed E-state index contributed by atoms with van der Waals surface area (Å²) < 4.78 is 6.85. The maximum Gasteiger partial charge on any atom is 0.0630 e. The van der Waals surface area contributed by atoms with Crippen LogP contribution in [0.1, 0.15) is 91.9 Å². The first-order valence-corrected chi connectivity index (χ1v) is 9.75. The first kappa shape index (κ1) is 17.3. The third-order valence-electron chi connectivity index (χ3n) is 5.86. The van der Waals surface area contributed by atoms with Crippen LogP contribution in [0.2, 0.25) is 0 Å². The molecule has 0 aromatic carbocycles. The van der Waals surface area contributed by atoms with E-state index in [0.717, 1.165) is 11.8 Å². The maximum absolute atomic E-state index is 6.85. The molecule has 0 bridgehead atoms. The highest BCUT2D eigenvalue weighted by molar-refractivity contribution is 4.82. The van der Waals surface area contributed by atoms with Gasteiger partial charge in [-0.3, -0.25) is 0 Å². The maximum atomic E-state index is 6.85. The molecule has 0 heterocycles. The lowest BCUT2D eigenvalue weighted by molar-refractivity contribution is -0.117. The second-order valence-corrected chi connectivity index (χ2v) is 8.35. The van der Waals surface area contributed by atoms with Crippen molar-refractivity contribution in [1.82, 2.24) is 0 Å². The van der Waals surface area contributed by atoms with Gasteiger partial charge in [0.15, 0.2) is 0 Å². The second-order valence-electron chi connectivity index (χ2n) is 8.35. The molecule has 0 aromatic heterocycles. The van der Waals surface area contributed by atoms with Gasteiger partial charge in [-0.15, -0.1) is 0 Å². The van der Waals surface area contributed by atoms with Crippen molar-refractivity contribution in [3.63, 3.8) is 0 Å². The summed E-state index contributed by atoms with van der Waals surface area (Å²) in [7, 11) is 0. The summed E-state index contributed by atoms with van der Waals surface area (Å²) in [4.78, 5) is 0. The van der Waals surface area contributed by atoms with E-state index in [0.29, 0.717) is 24.0 Å². The molecule has 2 fully saturated rings. The van der Waals surface area contributed by atoms with E-state index in [1.807, 2.05) is 0 Å². The van der Waals surface area contributed by atoms with Crippen LogP contribution in [0.4, 0.5) is 0 Å². The third-order valence-corrected chi connectivity index (χ3v) is 5.86. The topological polar surface area (TPSA) is 9.23 Å². The van der Waals surface area contributed by atoms with Crippen LogP contribution >= 0.6 is 0 Å². The Kier molecular flexibility index (Phi) is 7.05. The molecule has 0 aromatic rings. The molecule has 0 aliphatic heterocycles. The second kappa shape index (κ2) is 8.56. The Hall–Kier alpha value is -0.0400. The predicted molar refractivity (Wildman–Crippen MR) is 91.5 cm³/mol. The highest BCUT2D eigenvalue weighted by Crippen LogP contribution is 2.37. The van der Waals surface area contributed by atoms with Crippen LogP contribution in [-0.4, -0.2) is 12.2 Å². The van der Waals surface area contributed by atoms with Gasteiger partial charge in [-0.2, -0.15) is 0 Å². The molecule has 21 heavy (non-hydrogen) atoms. The number of hydrogen-bond donors (Lipinski definition) is 0. The molecule has 2 unspecified atom stereocenters. The summed E-state index contributed by atoms with van der Waals surface area (Å²) in [5.74, 6) is 2.98. The third kappa shape index (κ3) is 4.98. The average molecular weight is 295 g/mol. The zero-order valence-corrected chi connectivity index (χ0v) is 14.9. The van der Waals surface area contributed by atoms with Gasteiger partial charge in [0.05, 0.1) is 12.2 Å². The largest absolute Gasteiger partial charge is 0.374 e. The Morgan fingerprint density at radius 2 is 0.905 bits per heavy atom. The summed E-state index contributed by atoms with van der Waals surface area (Å²) >= 11 is 0. The lowest BCUT2D eigenvalue weighted by atomic mass is 9.79. The fourth-order valence-corrected chi connectivity index (χ4v) is 4.73. The van der Waals surface area contributed by atoms with Crippen molar-refractivity contribution in [2.45, 2.75) is 104 Å². The average Bonchev–Trinajstić information content (AvgIpc) is 2.49. The van der Waals surface area contributed by atoms with Gasteiger partial charge in [0.1, 0.15) is 0 Å². The molecule has 2 aliphatic rings. The van der Waals surface area contributed by atoms with Crippen molar-refractivity contribution in [2.24, 2.45) is 23.7 Å². The van der Waals surface area contributed by atoms with Gasteiger partial charge in [0.25, 0.3) is 0 Å². The van der Waals surface area contributed by atoms with Crippen molar-refractivity contribution in [3.05, 3.63) is 0 Å². The molecule has 0 amide bonds. The first-order chi connectivity index (χ1) is 10.1. The fourth-order valence-electron chi connectivity index (χ4n) is 4.73. The predicted octanol–water partition coefficient (Wildman–Crippen LogP) is 6.21. The number of hydrogen-bond acceptors (Lipinski definition) is 1. The molecular weight excluding hydrogens is 256 g/mol. The Morgan fingerprint density at radius 3 is 1.19 bits per heavy atom. The molecule has 124 valence electrons. The normalized spacial score (nSPS) is 25.4. The van der Waals surface area contributed by atoms with Crippen LogP contribution in [0.3, 0.4) is 0 Å². The molecule has 2 aliphatic carbocycles. The van der Waals surface area contributed by atoms with Crippen LogP contribution < -0.4 is 0 Å². The van der Waals surface area contributed by atoms with Crippen LogP contribution in [0.5, 0.6) is 0 Å². The van der Waals surface area contributed by atoms with E-state index < -0.39 is 0 Å². The highest BCUT2D eigenvalue weighted by atomic mass is 16.5. The molecule has 0 saturated heterocycles. The van der Waals surface area contributed by atoms with Crippen molar-refractivity contribution in [2.75, 3.05) is 0 Å². The van der Waals surface area contributed by atoms with Crippen molar-refractivity contribution >= 4 is 0 Å². The van der Waals surface area contributed by atoms with E-state index in [2.05, 4.69) is 27.7 Å². The van der Waals surface area contributed by atoms with Gasteiger partial charge in [-0.1, -0.05) is 66.2 Å².